The van der Waals surface area contributed by atoms with E-state index >= 15 is 0 Å². The van der Waals surface area contributed by atoms with E-state index in [2.05, 4.69) is 65.4 Å². The summed E-state index contributed by atoms with van der Waals surface area (Å²) in [6.45, 7) is 8.34. The molecule has 0 unspecified atom stereocenters. The van der Waals surface area contributed by atoms with E-state index in [9.17, 15) is 0 Å². The van der Waals surface area contributed by atoms with Crippen LogP contribution in [-0.4, -0.2) is 18.1 Å². The molecule has 0 aliphatic rings. The van der Waals surface area contributed by atoms with Crippen LogP contribution in [0.5, 0.6) is 0 Å². The molecule has 0 aliphatic heterocycles. The molecule has 0 spiro atoms. The summed E-state index contributed by atoms with van der Waals surface area (Å²) in [4.78, 5) is 9.75. The summed E-state index contributed by atoms with van der Waals surface area (Å²) in [7, 11) is 2.12. The standard InChI is InChI=1S/C15H22BrN3S2/c1-5-13-14(7-17-10(2)3)21-15(18-13)19(4)8-12-6-11(16)9-20-12/h6,9-10,17H,5,7-8H2,1-4H3. The van der Waals surface area contributed by atoms with E-state index in [0.717, 1.165) is 29.1 Å². The number of aromatic nitrogens is 1. The summed E-state index contributed by atoms with van der Waals surface area (Å²) >= 11 is 7.09. The Bertz CT molecular complexity index is 577. The van der Waals surface area contributed by atoms with Gasteiger partial charge in [0.05, 0.1) is 12.2 Å². The lowest BCUT2D eigenvalue weighted by molar-refractivity contribution is 0.590. The fraction of sp³-hybridized carbons (Fsp3) is 0.533. The van der Waals surface area contributed by atoms with Crippen LogP contribution in [-0.2, 0) is 19.5 Å². The summed E-state index contributed by atoms with van der Waals surface area (Å²) in [6, 6.07) is 2.68. The molecule has 0 atom stereocenters. The molecule has 2 aromatic rings. The summed E-state index contributed by atoms with van der Waals surface area (Å²) in [5, 5.41) is 6.72. The van der Waals surface area contributed by atoms with Crippen molar-refractivity contribution in [1.29, 1.82) is 0 Å². The van der Waals surface area contributed by atoms with Gasteiger partial charge in [-0.25, -0.2) is 4.98 Å². The molecular weight excluding hydrogens is 366 g/mol. The fourth-order valence-electron chi connectivity index (χ4n) is 1.98. The second-order valence-electron chi connectivity index (χ2n) is 5.34. The number of thiazole rings is 1. The lowest BCUT2D eigenvalue weighted by Crippen LogP contribution is -2.21. The third-order valence-electron chi connectivity index (χ3n) is 3.11. The third-order valence-corrected chi connectivity index (χ3v) is 6.01. The Kier molecular flexibility index (Phi) is 6.22. The number of halogens is 1. The molecule has 3 nitrogen and oxygen atoms in total. The van der Waals surface area contributed by atoms with Crippen molar-refractivity contribution in [3.05, 3.63) is 31.4 Å². The Morgan fingerprint density at radius 3 is 2.76 bits per heavy atom. The second-order valence-corrected chi connectivity index (χ2v) is 8.32. The first-order valence-corrected chi connectivity index (χ1v) is 9.64. The van der Waals surface area contributed by atoms with Crippen molar-refractivity contribution >= 4 is 43.7 Å². The van der Waals surface area contributed by atoms with Gasteiger partial charge in [0, 0.05) is 39.2 Å². The average Bonchev–Trinajstić information content (AvgIpc) is 3.02. The number of thiophene rings is 1. The topological polar surface area (TPSA) is 28.2 Å². The van der Waals surface area contributed by atoms with Gasteiger partial charge in [-0.15, -0.1) is 22.7 Å². The highest BCUT2D eigenvalue weighted by Gasteiger charge is 2.14. The highest BCUT2D eigenvalue weighted by atomic mass is 79.9. The van der Waals surface area contributed by atoms with Crippen molar-refractivity contribution in [2.75, 3.05) is 11.9 Å². The number of hydrogen-bond acceptors (Lipinski definition) is 5. The van der Waals surface area contributed by atoms with Crippen LogP contribution in [0, 0.1) is 0 Å². The first kappa shape index (κ1) is 16.9. The molecule has 0 aliphatic carbocycles. The molecule has 0 fully saturated rings. The molecule has 116 valence electrons. The van der Waals surface area contributed by atoms with Crippen LogP contribution in [0.3, 0.4) is 0 Å². The van der Waals surface area contributed by atoms with Gasteiger partial charge in [-0.1, -0.05) is 20.8 Å². The SMILES string of the molecule is CCc1nc(N(C)Cc2cc(Br)cs2)sc1CNC(C)C. The van der Waals surface area contributed by atoms with Gasteiger partial charge >= 0.3 is 0 Å². The molecule has 2 heterocycles. The van der Waals surface area contributed by atoms with Crippen molar-refractivity contribution in [1.82, 2.24) is 10.3 Å². The van der Waals surface area contributed by atoms with Crippen LogP contribution in [0.25, 0.3) is 0 Å². The first-order chi connectivity index (χ1) is 9.99. The molecule has 0 bridgehead atoms. The van der Waals surface area contributed by atoms with Crippen molar-refractivity contribution in [3.8, 4) is 0 Å². The van der Waals surface area contributed by atoms with E-state index in [0.29, 0.717) is 6.04 Å². The number of nitrogens with one attached hydrogen (secondary N) is 1. The lowest BCUT2D eigenvalue weighted by atomic mass is 10.3. The number of anilines is 1. The van der Waals surface area contributed by atoms with E-state index in [-0.39, 0.29) is 0 Å². The van der Waals surface area contributed by atoms with E-state index < -0.39 is 0 Å². The zero-order valence-electron chi connectivity index (χ0n) is 12.9. The smallest absolute Gasteiger partial charge is 0.185 e. The van der Waals surface area contributed by atoms with Gasteiger partial charge in [-0.3, -0.25) is 0 Å². The minimum Gasteiger partial charge on any atom is -0.346 e. The summed E-state index contributed by atoms with van der Waals surface area (Å²) in [5.74, 6) is 0. The summed E-state index contributed by atoms with van der Waals surface area (Å²) in [5.41, 5.74) is 1.22. The maximum Gasteiger partial charge on any atom is 0.185 e. The van der Waals surface area contributed by atoms with Crippen molar-refractivity contribution in [2.24, 2.45) is 0 Å². The van der Waals surface area contributed by atoms with Crippen molar-refractivity contribution < 1.29 is 0 Å². The quantitative estimate of drug-likeness (QED) is 0.748. The Hall–Kier alpha value is -0.430. The molecule has 0 saturated heterocycles. The maximum atomic E-state index is 4.81. The molecule has 0 saturated carbocycles. The van der Waals surface area contributed by atoms with E-state index in [1.807, 2.05) is 0 Å². The van der Waals surface area contributed by atoms with Gasteiger partial charge in [-0.2, -0.15) is 0 Å². The van der Waals surface area contributed by atoms with Crippen LogP contribution >= 0.6 is 38.6 Å². The monoisotopic (exact) mass is 387 g/mol. The van der Waals surface area contributed by atoms with Gasteiger partial charge < -0.3 is 10.2 Å². The Balaban J connectivity index is 2.08. The molecule has 2 aromatic heterocycles. The zero-order valence-corrected chi connectivity index (χ0v) is 16.2. The fourth-order valence-corrected chi connectivity index (χ4v) is 4.55. The summed E-state index contributed by atoms with van der Waals surface area (Å²) in [6.07, 6.45) is 0.990. The van der Waals surface area contributed by atoms with E-state index in [1.165, 1.54) is 15.4 Å². The highest BCUT2D eigenvalue weighted by Crippen LogP contribution is 2.29. The van der Waals surface area contributed by atoms with Crippen molar-refractivity contribution in [2.45, 2.75) is 46.3 Å². The molecule has 1 N–H and O–H groups in total. The molecule has 2 rings (SSSR count). The number of rotatable bonds is 7. The number of hydrogen-bond donors (Lipinski definition) is 1. The molecule has 6 heteroatoms. The minimum absolute atomic E-state index is 0.501. The van der Waals surface area contributed by atoms with Gasteiger partial charge in [0.25, 0.3) is 0 Å². The van der Waals surface area contributed by atoms with Gasteiger partial charge in [-0.05, 0) is 28.4 Å². The molecule has 21 heavy (non-hydrogen) atoms. The normalized spacial score (nSPS) is 11.3. The van der Waals surface area contributed by atoms with E-state index in [1.54, 1.807) is 22.7 Å². The second kappa shape index (κ2) is 7.72. The molecule has 0 amide bonds. The van der Waals surface area contributed by atoms with Crippen molar-refractivity contribution in [3.63, 3.8) is 0 Å². The molecular formula is C15H22BrN3S2. The predicted octanol–water partition coefficient (Wildman–Crippen LogP) is 4.66. The van der Waals surface area contributed by atoms with Crippen LogP contribution < -0.4 is 10.2 Å². The zero-order chi connectivity index (χ0) is 15.4. The maximum absolute atomic E-state index is 4.81. The van der Waals surface area contributed by atoms with Crippen LogP contribution in [0.4, 0.5) is 5.13 Å². The average molecular weight is 388 g/mol. The third kappa shape index (κ3) is 4.77. The van der Waals surface area contributed by atoms with Crippen LogP contribution in [0.1, 0.15) is 36.2 Å². The predicted molar refractivity (Wildman–Crippen MR) is 97.6 cm³/mol. The Morgan fingerprint density at radius 2 is 2.19 bits per heavy atom. The molecule has 0 aromatic carbocycles. The Labute approximate surface area is 143 Å². The lowest BCUT2D eigenvalue weighted by Gasteiger charge is -2.14. The van der Waals surface area contributed by atoms with Crippen LogP contribution in [0.15, 0.2) is 15.9 Å². The first-order valence-electron chi connectivity index (χ1n) is 7.15. The Morgan fingerprint density at radius 1 is 1.43 bits per heavy atom. The summed E-state index contributed by atoms with van der Waals surface area (Å²) < 4.78 is 1.16. The minimum atomic E-state index is 0.501. The van der Waals surface area contributed by atoms with E-state index in [4.69, 9.17) is 4.98 Å². The molecule has 0 radical (unpaired) electrons. The van der Waals surface area contributed by atoms with Gasteiger partial charge in [0.2, 0.25) is 0 Å². The number of nitrogens with zero attached hydrogens (tertiary/aromatic N) is 2. The van der Waals surface area contributed by atoms with Crippen LogP contribution in [0.2, 0.25) is 0 Å². The largest absolute Gasteiger partial charge is 0.346 e. The highest BCUT2D eigenvalue weighted by molar-refractivity contribution is 9.10. The van der Waals surface area contributed by atoms with Gasteiger partial charge in [0.15, 0.2) is 5.13 Å². The van der Waals surface area contributed by atoms with Gasteiger partial charge in [0.1, 0.15) is 0 Å². The number of aryl methyl sites for hydroxylation is 1.